The van der Waals surface area contributed by atoms with Crippen molar-refractivity contribution in [3.63, 3.8) is 0 Å². The van der Waals surface area contributed by atoms with Gasteiger partial charge in [0.25, 0.3) is 0 Å². The van der Waals surface area contributed by atoms with E-state index in [0.717, 1.165) is 24.5 Å². The van der Waals surface area contributed by atoms with E-state index in [4.69, 9.17) is 9.47 Å². The molecule has 0 fully saturated rings. The first kappa shape index (κ1) is 10.3. The molecule has 1 aliphatic rings. The van der Waals surface area contributed by atoms with Crippen molar-refractivity contribution in [3.05, 3.63) is 23.8 Å². The van der Waals surface area contributed by atoms with Crippen LogP contribution in [0.25, 0.3) is 0 Å². The number of hydrogen-bond acceptors (Lipinski definition) is 2. The van der Waals surface area contributed by atoms with Crippen molar-refractivity contribution in [1.29, 1.82) is 0 Å². The highest BCUT2D eigenvalue weighted by Gasteiger charge is 2.22. The molecule has 1 heterocycles. The number of benzene rings is 1. The molecule has 0 radical (unpaired) electrons. The number of hydrogen-bond donors (Lipinski definition) is 0. The first-order valence-corrected chi connectivity index (χ1v) is 5.50. The van der Waals surface area contributed by atoms with Gasteiger partial charge < -0.3 is 9.47 Å². The molecular formula is C13H18O2. The predicted octanol–water partition coefficient (Wildman–Crippen LogP) is 2.90. The summed E-state index contributed by atoms with van der Waals surface area (Å²) in [6.45, 7) is 5.34. The Morgan fingerprint density at radius 2 is 2.20 bits per heavy atom. The van der Waals surface area contributed by atoms with Gasteiger partial charge in [-0.15, -0.1) is 0 Å². The van der Waals surface area contributed by atoms with Crippen LogP contribution in [0.2, 0.25) is 0 Å². The van der Waals surface area contributed by atoms with Gasteiger partial charge in [-0.25, -0.2) is 0 Å². The minimum atomic E-state index is 0.644. The second-order valence-electron chi connectivity index (χ2n) is 4.49. The average molecular weight is 206 g/mol. The fourth-order valence-corrected chi connectivity index (χ4v) is 1.93. The smallest absolute Gasteiger partial charge is 0.126 e. The largest absolute Gasteiger partial charge is 0.497 e. The maximum atomic E-state index is 5.76. The molecule has 0 saturated heterocycles. The van der Waals surface area contributed by atoms with Gasteiger partial charge in [0, 0.05) is 6.07 Å². The molecule has 15 heavy (non-hydrogen) atoms. The van der Waals surface area contributed by atoms with Gasteiger partial charge in [0.1, 0.15) is 11.5 Å². The summed E-state index contributed by atoms with van der Waals surface area (Å²) < 4.78 is 10.9. The molecule has 0 spiro atoms. The third kappa shape index (κ3) is 2.09. The van der Waals surface area contributed by atoms with Crippen LogP contribution in [0.1, 0.15) is 19.4 Å². The Morgan fingerprint density at radius 1 is 1.40 bits per heavy atom. The van der Waals surface area contributed by atoms with E-state index in [1.165, 1.54) is 5.56 Å². The van der Waals surface area contributed by atoms with Crippen LogP contribution in [-0.4, -0.2) is 13.7 Å². The van der Waals surface area contributed by atoms with E-state index >= 15 is 0 Å². The van der Waals surface area contributed by atoms with E-state index in [9.17, 15) is 0 Å². The second kappa shape index (κ2) is 4.13. The predicted molar refractivity (Wildman–Crippen MR) is 60.5 cm³/mol. The van der Waals surface area contributed by atoms with E-state index in [0.29, 0.717) is 11.8 Å². The van der Waals surface area contributed by atoms with E-state index in [2.05, 4.69) is 19.9 Å². The van der Waals surface area contributed by atoms with Gasteiger partial charge in [-0.3, -0.25) is 0 Å². The average Bonchev–Trinajstić information content (AvgIpc) is 2.27. The molecule has 0 aromatic heterocycles. The highest BCUT2D eigenvalue weighted by atomic mass is 16.5. The molecule has 2 nitrogen and oxygen atoms in total. The molecule has 1 aromatic carbocycles. The van der Waals surface area contributed by atoms with Crippen LogP contribution in [-0.2, 0) is 6.42 Å². The van der Waals surface area contributed by atoms with E-state index in [1.807, 2.05) is 12.1 Å². The fourth-order valence-electron chi connectivity index (χ4n) is 1.93. The molecule has 0 aliphatic carbocycles. The highest BCUT2D eigenvalue weighted by molar-refractivity contribution is 5.42. The lowest BCUT2D eigenvalue weighted by Gasteiger charge is -2.28. The molecule has 1 unspecified atom stereocenters. The van der Waals surface area contributed by atoms with Crippen molar-refractivity contribution in [2.24, 2.45) is 11.8 Å². The Hall–Kier alpha value is -1.18. The third-order valence-corrected chi connectivity index (χ3v) is 3.15. The number of methoxy groups -OCH3 is 1. The van der Waals surface area contributed by atoms with Gasteiger partial charge in [0.15, 0.2) is 0 Å². The van der Waals surface area contributed by atoms with Crippen molar-refractivity contribution in [3.8, 4) is 11.5 Å². The van der Waals surface area contributed by atoms with Crippen molar-refractivity contribution in [2.75, 3.05) is 13.7 Å². The lowest BCUT2D eigenvalue weighted by molar-refractivity contribution is 0.184. The summed E-state index contributed by atoms with van der Waals surface area (Å²) >= 11 is 0. The topological polar surface area (TPSA) is 18.5 Å². The first-order valence-electron chi connectivity index (χ1n) is 5.50. The molecule has 82 valence electrons. The van der Waals surface area contributed by atoms with Crippen LogP contribution >= 0.6 is 0 Å². The molecule has 2 rings (SSSR count). The van der Waals surface area contributed by atoms with Crippen molar-refractivity contribution < 1.29 is 9.47 Å². The van der Waals surface area contributed by atoms with Crippen LogP contribution < -0.4 is 9.47 Å². The maximum Gasteiger partial charge on any atom is 0.126 e. The minimum Gasteiger partial charge on any atom is -0.497 e. The third-order valence-electron chi connectivity index (χ3n) is 3.15. The molecule has 1 aromatic rings. The maximum absolute atomic E-state index is 5.76. The Bertz CT molecular complexity index is 344. The standard InChI is InChI=1S/C13H18O2/c1-9(2)11-6-10-4-5-12(14-3)7-13(10)15-8-11/h4-5,7,9,11H,6,8H2,1-3H3. The monoisotopic (exact) mass is 206 g/mol. The van der Waals surface area contributed by atoms with Crippen molar-refractivity contribution in [1.82, 2.24) is 0 Å². The van der Waals surface area contributed by atoms with Crippen LogP contribution in [0.15, 0.2) is 18.2 Å². The van der Waals surface area contributed by atoms with E-state index in [1.54, 1.807) is 7.11 Å². The Labute approximate surface area is 91.2 Å². The van der Waals surface area contributed by atoms with Gasteiger partial charge in [-0.2, -0.15) is 0 Å². The van der Waals surface area contributed by atoms with Gasteiger partial charge in [-0.1, -0.05) is 19.9 Å². The van der Waals surface area contributed by atoms with Gasteiger partial charge in [0.05, 0.1) is 13.7 Å². The fraction of sp³-hybridized carbons (Fsp3) is 0.538. The molecule has 0 N–H and O–H groups in total. The van der Waals surface area contributed by atoms with E-state index < -0.39 is 0 Å². The second-order valence-corrected chi connectivity index (χ2v) is 4.49. The summed E-state index contributed by atoms with van der Waals surface area (Å²) in [5.41, 5.74) is 1.31. The van der Waals surface area contributed by atoms with Gasteiger partial charge >= 0.3 is 0 Å². The zero-order valence-corrected chi connectivity index (χ0v) is 9.62. The number of ether oxygens (including phenoxy) is 2. The van der Waals surface area contributed by atoms with Crippen molar-refractivity contribution >= 4 is 0 Å². The zero-order chi connectivity index (χ0) is 10.8. The Kier molecular flexibility index (Phi) is 2.85. The summed E-state index contributed by atoms with van der Waals surface area (Å²) in [6, 6.07) is 6.10. The minimum absolute atomic E-state index is 0.644. The van der Waals surface area contributed by atoms with Crippen LogP contribution in [0, 0.1) is 11.8 Å². The Morgan fingerprint density at radius 3 is 2.87 bits per heavy atom. The van der Waals surface area contributed by atoms with Crippen molar-refractivity contribution in [2.45, 2.75) is 20.3 Å². The van der Waals surface area contributed by atoms with E-state index in [-0.39, 0.29) is 0 Å². The highest BCUT2D eigenvalue weighted by Crippen LogP contribution is 2.33. The molecule has 0 bridgehead atoms. The lowest BCUT2D eigenvalue weighted by Crippen LogP contribution is -2.25. The van der Waals surface area contributed by atoms with Crippen LogP contribution in [0.5, 0.6) is 11.5 Å². The molecule has 0 saturated carbocycles. The summed E-state index contributed by atoms with van der Waals surface area (Å²) in [5, 5.41) is 0. The summed E-state index contributed by atoms with van der Waals surface area (Å²) in [7, 11) is 1.68. The summed E-state index contributed by atoms with van der Waals surface area (Å²) in [6.07, 6.45) is 1.12. The summed E-state index contributed by atoms with van der Waals surface area (Å²) in [5.74, 6) is 3.19. The van der Waals surface area contributed by atoms with Crippen LogP contribution in [0.3, 0.4) is 0 Å². The normalized spacial score (nSPS) is 19.6. The van der Waals surface area contributed by atoms with Crippen LogP contribution in [0.4, 0.5) is 0 Å². The van der Waals surface area contributed by atoms with Gasteiger partial charge in [-0.05, 0) is 29.9 Å². The molecule has 0 amide bonds. The first-order chi connectivity index (χ1) is 7.20. The summed E-state index contributed by atoms with van der Waals surface area (Å²) in [4.78, 5) is 0. The number of fused-ring (bicyclic) bond motifs is 1. The quantitative estimate of drug-likeness (QED) is 0.740. The molecular weight excluding hydrogens is 188 g/mol. The number of rotatable bonds is 2. The zero-order valence-electron chi connectivity index (χ0n) is 9.62. The molecule has 1 atom stereocenters. The molecule has 1 aliphatic heterocycles. The van der Waals surface area contributed by atoms with Gasteiger partial charge in [0.2, 0.25) is 0 Å². The Balaban J connectivity index is 2.21. The SMILES string of the molecule is COc1ccc2c(c1)OCC(C(C)C)C2. The lowest BCUT2D eigenvalue weighted by atomic mass is 9.88. The molecule has 2 heteroatoms.